The molecule has 0 amide bonds. The molecule has 15 heavy (non-hydrogen) atoms. The summed E-state index contributed by atoms with van der Waals surface area (Å²) >= 11 is 0. The molecule has 82 valence electrons. The quantitative estimate of drug-likeness (QED) is 0.522. The van der Waals surface area contributed by atoms with Crippen molar-refractivity contribution < 1.29 is 9.47 Å². The first-order chi connectivity index (χ1) is 7.16. The number of amidine groups is 1. The molecule has 0 aromatic rings. The van der Waals surface area contributed by atoms with Crippen LogP contribution in [0.3, 0.4) is 0 Å². The van der Waals surface area contributed by atoms with Crippen LogP contribution in [-0.4, -0.2) is 25.2 Å². The fourth-order valence-electron chi connectivity index (χ4n) is 1.78. The van der Waals surface area contributed by atoms with Crippen molar-refractivity contribution in [1.29, 1.82) is 0 Å². The van der Waals surface area contributed by atoms with Gasteiger partial charge in [0.2, 0.25) is 0 Å². The van der Waals surface area contributed by atoms with E-state index in [1.807, 2.05) is 13.0 Å². The highest BCUT2D eigenvalue weighted by Crippen LogP contribution is 2.29. The smallest absolute Gasteiger partial charge is 0.127 e. The fraction of sp³-hybridized carbons (Fsp3) is 0.545. The van der Waals surface area contributed by atoms with Gasteiger partial charge >= 0.3 is 0 Å². The van der Waals surface area contributed by atoms with E-state index in [1.54, 1.807) is 6.92 Å². The summed E-state index contributed by atoms with van der Waals surface area (Å²) in [4.78, 5) is 4.27. The Morgan fingerprint density at radius 3 is 3.07 bits per heavy atom. The fourth-order valence-corrected chi connectivity index (χ4v) is 1.78. The summed E-state index contributed by atoms with van der Waals surface area (Å²) in [5.74, 6) is 1.45. The highest BCUT2D eigenvalue weighted by Gasteiger charge is 2.26. The molecule has 2 N–H and O–H groups in total. The van der Waals surface area contributed by atoms with Gasteiger partial charge in [0.25, 0.3) is 0 Å². The Morgan fingerprint density at radius 1 is 1.53 bits per heavy atom. The van der Waals surface area contributed by atoms with Gasteiger partial charge in [-0.15, -0.1) is 0 Å². The van der Waals surface area contributed by atoms with Crippen molar-refractivity contribution in [3.63, 3.8) is 0 Å². The summed E-state index contributed by atoms with van der Waals surface area (Å²) < 4.78 is 11.1. The zero-order valence-electron chi connectivity index (χ0n) is 9.12. The molecule has 4 heteroatoms. The average Bonchev–Trinajstić information content (AvgIpc) is 2.18. The summed E-state index contributed by atoms with van der Waals surface area (Å²) in [6.07, 6.45) is 2.85. The van der Waals surface area contributed by atoms with Crippen molar-refractivity contribution in [2.75, 3.05) is 13.2 Å². The second-order valence-corrected chi connectivity index (χ2v) is 3.88. The zero-order chi connectivity index (χ0) is 10.8. The second kappa shape index (κ2) is 4.06. The Morgan fingerprint density at radius 2 is 2.33 bits per heavy atom. The average molecular weight is 208 g/mol. The molecular formula is C11H16N2O2. The Hall–Kier alpha value is -1.29. The number of ether oxygens (including phenoxy) is 2. The van der Waals surface area contributed by atoms with Crippen LogP contribution in [-0.2, 0) is 9.47 Å². The first-order valence-corrected chi connectivity index (χ1v) is 5.13. The van der Waals surface area contributed by atoms with Gasteiger partial charge in [-0.3, -0.25) is 0 Å². The summed E-state index contributed by atoms with van der Waals surface area (Å²) in [5, 5.41) is 0. The van der Waals surface area contributed by atoms with Crippen LogP contribution < -0.4 is 5.73 Å². The maximum atomic E-state index is 5.60. The standard InChI is InChI=1S/C11H16N2O2/c1-7-5-10-11(15-4-3-14-10)6-9(7)13-8(2)12/h6,10H,3-5H2,1-2H3,(H2,12,13). The van der Waals surface area contributed by atoms with E-state index >= 15 is 0 Å². The normalized spacial score (nSPS) is 26.9. The van der Waals surface area contributed by atoms with E-state index in [0.717, 1.165) is 17.9 Å². The number of hydrogen-bond donors (Lipinski definition) is 1. The molecule has 0 saturated carbocycles. The van der Waals surface area contributed by atoms with Gasteiger partial charge in [0.15, 0.2) is 0 Å². The molecule has 1 fully saturated rings. The number of rotatable bonds is 1. The van der Waals surface area contributed by atoms with Gasteiger partial charge in [0, 0.05) is 12.5 Å². The predicted octanol–water partition coefficient (Wildman–Crippen LogP) is 1.34. The molecule has 0 aromatic heterocycles. The van der Waals surface area contributed by atoms with Gasteiger partial charge in [-0.05, 0) is 19.4 Å². The molecule has 1 unspecified atom stereocenters. The lowest BCUT2D eigenvalue weighted by molar-refractivity contribution is -0.0429. The van der Waals surface area contributed by atoms with Crippen LogP contribution in [0.4, 0.5) is 0 Å². The van der Waals surface area contributed by atoms with Gasteiger partial charge in [-0.2, -0.15) is 0 Å². The summed E-state index contributed by atoms with van der Waals surface area (Å²) in [5.41, 5.74) is 7.67. The SMILES string of the molecule is CC(N)=NC1=C(C)CC2OCCOC2=C1. The summed E-state index contributed by atoms with van der Waals surface area (Å²) in [7, 11) is 0. The molecule has 0 radical (unpaired) electrons. The second-order valence-electron chi connectivity index (χ2n) is 3.88. The van der Waals surface area contributed by atoms with E-state index in [2.05, 4.69) is 4.99 Å². The number of hydrogen-bond acceptors (Lipinski definition) is 3. The van der Waals surface area contributed by atoms with Gasteiger partial charge < -0.3 is 15.2 Å². The molecule has 0 bridgehead atoms. The van der Waals surface area contributed by atoms with Crippen LogP contribution in [0.1, 0.15) is 20.3 Å². The Labute approximate surface area is 89.5 Å². The van der Waals surface area contributed by atoms with Crippen molar-refractivity contribution in [2.45, 2.75) is 26.4 Å². The first kappa shape index (κ1) is 10.2. The van der Waals surface area contributed by atoms with E-state index in [0.29, 0.717) is 19.0 Å². The molecule has 4 nitrogen and oxygen atoms in total. The summed E-state index contributed by atoms with van der Waals surface area (Å²) in [6, 6.07) is 0. The van der Waals surface area contributed by atoms with Crippen molar-refractivity contribution in [2.24, 2.45) is 10.7 Å². The van der Waals surface area contributed by atoms with E-state index in [4.69, 9.17) is 15.2 Å². The van der Waals surface area contributed by atoms with E-state index in [-0.39, 0.29) is 6.10 Å². The lowest BCUT2D eigenvalue weighted by atomic mass is 9.99. The third-order valence-electron chi connectivity index (χ3n) is 2.49. The lowest BCUT2D eigenvalue weighted by Gasteiger charge is -2.29. The molecule has 0 spiro atoms. The molecule has 2 aliphatic rings. The van der Waals surface area contributed by atoms with Crippen LogP contribution in [0.5, 0.6) is 0 Å². The third-order valence-corrected chi connectivity index (χ3v) is 2.49. The highest BCUT2D eigenvalue weighted by molar-refractivity contribution is 5.79. The Bertz CT molecular complexity index is 352. The minimum absolute atomic E-state index is 0.0794. The zero-order valence-corrected chi connectivity index (χ0v) is 9.12. The maximum absolute atomic E-state index is 5.60. The van der Waals surface area contributed by atoms with Gasteiger partial charge in [-0.25, -0.2) is 4.99 Å². The van der Waals surface area contributed by atoms with Gasteiger partial charge in [0.1, 0.15) is 18.5 Å². The van der Waals surface area contributed by atoms with E-state index < -0.39 is 0 Å². The van der Waals surface area contributed by atoms with Gasteiger partial charge in [-0.1, -0.05) is 0 Å². The van der Waals surface area contributed by atoms with Crippen molar-refractivity contribution in [3.05, 3.63) is 23.1 Å². The van der Waals surface area contributed by atoms with Crippen LogP contribution in [0.15, 0.2) is 28.1 Å². The van der Waals surface area contributed by atoms with E-state index in [1.165, 1.54) is 5.57 Å². The maximum Gasteiger partial charge on any atom is 0.127 e. The molecule has 2 rings (SSSR count). The minimum Gasteiger partial charge on any atom is -0.493 e. The third kappa shape index (κ3) is 2.21. The molecule has 1 aliphatic heterocycles. The molecule has 1 atom stereocenters. The van der Waals surface area contributed by atoms with Crippen molar-refractivity contribution in [3.8, 4) is 0 Å². The molecule has 1 heterocycles. The molecule has 1 aliphatic carbocycles. The summed E-state index contributed by atoms with van der Waals surface area (Å²) in [6.45, 7) is 5.12. The minimum atomic E-state index is 0.0794. The predicted molar refractivity (Wildman–Crippen MR) is 58.4 cm³/mol. The largest absolute Gasteiger partial charge is 0.493 e. The number of nitrogens with two attached hydrogens (primary N) is 1. The first-order valence-electron chi connectivity index (χ1n) is 5.13. The monoisotopic (exact) mass is 208 g/mol. The number of allylic oxidation sites excluding steroid dienone is 1. The van der Waals surface area contributed by atoms with Crippen molar-refractivity contribution in [1.82, 2.24) is 0 Å². The molecule has 1 saturated heterocycles. The van der Waals surface area contributed by atoms with E-state index in [9.17, 15) is 0 Å². The van der Waals surface area contributed by atoms with Crippen LogP contribution in [0.2, 0.25) is 0 Å². The molecular weight excluding hydrogens is 192 g/mol. The molecule has 0 aromatic carbocycles. The van der Waals surface area contributed by atoms with Gasteiger partial charge in [0.05, 0.1) is 18.1 Å². The number of nitrogens with zero attached hydrogens (tertiary/aromatic N) is 1. The van der Waals surface area contributed by atoms with Crippen LogP contribution >= 0.6 is 0 Å². The topological polar surface area (TPSA) is 56.8 Å². The Kier molecular flexibility index (Phi) is 2.77. The van der Waals surface area contributed by atoms with Crippen LogP contribution in [0, 0.1) is 0 Å². The highest BCUT2D eigenvalue weighted by atomic mass is 16.6. The number of aliphatic imine (C=N–C) groups is 1. The van der Waals surface area contributed by atoms with Crippen LogP contribution in [0.25, 0.3) is 0 Å². The number of fused-ring (bicyclic) bond motifs is 1. The van der Waals surface area contributed by atoms with Crippen molar-refractivity contribution >= 4 is 5.84 Å². The lowest BCUT2D eigenvalue weighted by Crippen LogP contribution is -2.29. The Balaban J connectivity index is 2.26.